The zero-order valence-electron chi connectivity index (χ0n) is 19.9. The predicted octanol–water partition coefficient (Wildman–Crippen LogP) is 6.71. The fourth-order valence-electron chi connectivity index (χ4n) is 5.01. The quantitative estimate of drug-likeness (QED) is 0.422. The van der Waals surface area contributed by atoms with Gasteiger partial charge in [0, 0.05) is 37.3 Å². The zero-order valence-corrected chi connectivity index (χ0v) is 20.8. The smallest absolute Gasteiger partial charge is 0.348 e. The molecule has 1 N–H and O–H groups in total. The van der Waals surface area contributed by atoms with Crippen LogP contribution < -0.4 is 4.90 Å². The van der Waals surface area contributed by atoms with Crippen LogP contribution in [0.15, 0.2) is 6.07 Å². The Morgan fingerprint density at radius 2 is 1.85 bits per heavy atom. The number of halogens is 2. The summed E-state index contributed by atoms with van der Waals surface area (Å²) >= 11 is 1.15. The van der Waals surface area contributed by atoms with E-state index in [9.17, 15) is 23.5 Å². The van der Waals surface area contributed by atoms with E-state index in [0.717, 1.165) is 48.3 Å². The molecule has 1 amide bonds. The maximum atomic E-state index is 13.7. The van der Waals surface area contributed by atoms with Crippen LogP contribution in [0.3, 0.4) is 0 Å². The highest BCUT2D eigenvalue weighted by Crippen LogP contribution is 2.45. The van der Waals surface area contributed by atoms with E-state index in [-0.39, 0.29) is 41.6 Å². The van der Waals surface area contributed by atoms with Crippen molar-refractivity contribution in [2.24, 2.45) is 11.8 Å². The number of alkyl halides is 2. The third kappa shape index (κ3) is 6.75. The Morgan fingerprint density at radius 3 is 2.42 bits per heavy atom. The summed E-state index contributed by atoms with van der Waals surface area (Å²) in [4.78, 5) is 28.3. The molecule has 0 saturated heterocycles. The van der Waals surface area contributed by atoms with E-state index in [0.29, 0.717) is 37.4 Å². The van der Waals surface area contributed by atoms with Crippen molar-refractivity contribution in [3.8, 4) is 0 Å². The molecule has 1 unspecified atom stereocenters. The molecule has 33 heavy (non-hydrogen) atoms. The van der Waals surface area contributed by atoms with Gasteiger partial charge in [-0.1, -0.05) is 6.92 Å². The SMILES string of the molecule is COC(C)CCCN(C(=O)C1CCC(C)CC1)c1cc(C2CCC(F)(F)CC2)sc1C(=O)O. The first-order valence-electron chi connectivity index (χ1n) is 12.2. The van der Waals surface area contributed by atoms with E-state index in [1.54, 1.807) is 18.1 Å². The second kappa shape index (κ2) is 11.3. The third-order valence-electron chi connectivity index (χ3n) is 7.36. The molecule has 186 valence electrons. The minimum absolute atomic E-state index is 0.00556. The molecular formula is C25H37F2NO4S. The van der Waals surface area contributed by atoms with Crippen molar-refractivity contribution in [1.82, 2.24) is 0 Å². The Bertz CT molecular complexity index is 809. The fourth-order valence-corrected chi connectivity index (χ4v) is 6.18. The molecule has 1 aromatic heterocycles. The number of amides is 1. The lowest BCUT2D eigenvalue weighted by molar-refractivity contribution is -0.123. The highest BCUT2D eigenvalue weighted by molar-refractivity contribution is 7.14. The summed E-state index contributed by atoms with van der Waals surface area (Å²) in [6, 6.07) is 1.80. The number of hydrogen-bond acceptors (Lipinski definition) is 4. The van der Waals surface area contributed by atoms with Crippen molar-refractivity contribution in [1.29, 1.82) is 0 Å². The minimum Gasteiger partial charge on any atom is -0.477 e. The molecular weight excluding hydrogens is 448 g/mol. The highest BCUT2D eigenvalue weighted by Gasteiger charge is 2.37. The lowest BCUT2D eigenvalue weighted by Crippen LogP contribution is -2.39. The zero-order chi connectivity index (χ0) is 24.2. The van der Waals surface area contributed by atoms with Gasteiger partial charge in [0.05, 0.1) is 11.8 Å². The Kier molecular flexibility index (Phi) is 8.89. The van der Waals surface area contributed by atoms with Gasteiger partial charge in [-0.3, -0.25) is 4.79 Å². The lowest BCUT2D eigenvalue weighted by Gasteiger charge is -2.31. The number of anilines is 1. The topological polar surface area (TPSA) is 66.8 Å². The lowest BCUT2D eigenvalue weighted by atomic mass is 9.82. The molecule has 0 radical (unpaired) electrons. The van der Waals surface area contributed by atoms with Crippen molar-refractivity contribution in [3.63, 3.8) is 0 Å². The molecule has 5 nitrogen and oxygen atoms in total. The van der Waals surface area contributed by atoms with Gasteiger partial charge in [0.1, 0.15) is 4.88 Å². The van der Waals surface area contributed by atoms with Crippen molar-refractivity contribution in [2.45, 2.75) is 96.0 Å². The number of aromatic carboxylic acids is 1. The normalized spacial score (nSPS) is 24.4. The van der Waals surface area contributed by atoms with E-state index in [1.807, 2.05) is 6.92 Å². The van der Waals surface area contributed by atoms with Crippen LogP contribution in [0.5, 0.6) is 0 Å². The number of carbonyl (C=O) groups excluding carboxylic acids is 1. The van der Waals surface area contributed by atoms with E-state index < -0.39 is 11.9 Å². The molecule has 0 spiro atoms. The first-order valence-corrected chi connectivity index (χ1v) is 13.0. The Labute approximate surface area is 199 Å². The number of carboxylic acid groups (broad SMARTS) is 1. The summed E-state index contributed by atoms with van der Waals surface area (Å²) in [6.07, 6.45) is 5.49. The van der Waals surface area contributed by atoms with Crippen LogP contribution in [-0.2, 0) is 9.53 Å². The van der Waals surface area contributed by atoms with Crippen LogP contribution in [0.25, 0.3) is 0 Å². The molecule has 1 heterocycles. The van der Waals surface area contributed by atoms with Crippen LogP contribution in [0, 0.1) is 11.8 Å². The molecule has 0 aliphatic heterocycles. The molecule has 8 heteroatoms. The van der Waals surface area contributed by atoms with Gasteiger partial charge in [0.2, 0.25) is 11.8 Å². The average Bonchev–Trinajstić information content (AvgIpc) is 3.22. The maximum absolute atomic E-state index is 13.7. The minimum atomic E-state index is -2.63. The number of carboxylic acids is 1. The third-order valence-corrected chi connectivity index (χ3v) is 8.64. The number of ether oxygens (including phenoxy) is 1. The average molecular weight is 486 g/mol. The van der Waals surface area contributed by atoms with Gasteiger partial charge in [-0.15, -0.1) is 11.3 Å². The number of hydrogen-bond donors (Lipinski definition) is 1. The molecule has 2 saturated carbocycles. The van der Waals surface area contributed by atoms with Gasteiger partial charge < -0.3 is 14.7 Å². The van der Waals surface area contributed by atoms with Gasteiger partial charge in [-0.05, 0) is 76.2 Å². The first kappa shape index (κ1) is 26.1. The number of carbonyl (C=O) groups is 2. The number of rotatable bonds is 9. The molecule has 0 aromatic carbocycles. The summed E-state index contributed by atoms with van der Waals surface area (Å²) in [6.45, 7) is 4.60. The summed E-state index contributed by atoms with van der Waals surface area (Å²) < 4.78 is 32.6. The number of nitrogens with zero attached hydrogens (tertiary/aromatic N) is 1. The summed E-state index contributed by atoms with van der Waals surface area (Å²) in [5, 5.41) is 9.92. The summed E-state index contributed by atoms with van der Waals surface area (Å²) in [5.41, 5.74) is 0.438. The van der Waals surface area contributed by atoms with Crippen LogP contribution in [0.4, 0.5) is 14.5 Å². The molecule has 2 aliphatic carbocycles. The Balaban J connectivity index is 1.86. The van der Waals surface area contributed by atoms with Crippen LogP contribution in [0.1, 0.15) is 98.5 Å². The maximum Gasteiger partial charge on any atom is 0.348 e. The van der Waals surface area contributed by atoms with Crippen molar-refractivity contribution < 1.29 is 28.2 Å². The Morgan fingerprint density at radius 1 is 1.21 bits per heavy atom. The van der Waals surface area contributed by atoms with E-state index in [4.69, 9.17) is 4.74 Å². The summed E-state index contributed by atoms with van der Waals surface area (Å²) in [5.74, 6) is -3.28. The van der Waals surface area contributed by atoms with Crippen LogP contribution >= 0.6 is 11.3 Å². The fraction of sp³-hybridized carbons (Fsp3) is 0.760. The molecule has 1 atom stereocenters. The second-order valence-electron chi connectivity index (χ2n) is 9.93. The number of thiophene rings is 1. The van der Waals surface area contributed by atoms with E-state index in [1.165, 1.54) is 0 Å². The largest absolute Gasteiger partial charge is 0.477 e. The van der Waals surface area contributed by atoms with Crippen molar-refractivity contribution >= 4 is 28.9 Å². The van der Waals surface area contributed by atoms with E-state index in [2.05, 4.69) is 6.92 Å². The van der Waals surface area contributed by atoms with Crippen molar-refractivity contribution in [3.05, 3.63) is 15.8 Å². The van der Waals surface area contributed by atoms with Crippen molar-refractivity contribution in [2.75, 3.05) is 18.6 Å². The van der Waals surface area contributed by atoms with Crippen LogP contribution in [-0.4, -0.2) is 42.7 Å². The standard InChI is InChI=1S/C25H37F2NO4S/c1-16-6-8-19(9-7-16)23(29)28(14-4-5-17(2)32-3)20-15-21(33-22(20)24(30)31)18-10-12-25(26,27)13-11-18/h15-19H,4-14H2,1-3H3,(H,30,31). The predicted molar refractivity (Wildman–Crippen MR) is 127 cm³/mol. The molecule has 0 bridgehead atoms. The second-order valence-corrected chi connectivity index (χ2v) is 11.0. The highest BCUT2D eigenvalue weighted by atomic mass is 32.1. The molecule has 2 fully saturated rings. The van der Waals surface area contributed by atoms with Gasteiger partial charge >= 0.3 is 5.97 Å². The number of methoxy groups -OCH3 is 1. The van der Waals surface area contributed by atoms with Gasteiger partial charge in [0.15, 0.2) is 0 Å². The van der Waals surface area contributed by atoms with Gasteiger partial charge in [-0.25, -0.2) is 13.6 Å². The summed E-state index contributed by atoms with van der Waals surface area (Å²) in [7, 11) is 1.65. The van der Waals surface area contributed by atoms with Gasteiger partial charge in [-0.2, -0.15) is 0 Å². The Hall–Kier alpha value is -1.54. The first-order chi connectivity index (χ1) is 15.6. The molecule has 1 aromatic rings. The van der Waals surface area contributed by atoms with Crippen LogP contribution in [0.2, 0.25) is 0 Å². The molecule has 2 aliphatic rings. The van der Waals surface area contributed by atoms with Gasteiger partial charge in [0.25, 0.3) is 0 Å². The van der Waals surface area contributed by atoms with E-state index >= 15 is 0 Å². The monoisotopic (exact) mass is 485 g/mol. The molecule has 3 rings (SSSR count).